The van der Waals surface area contributed by atoms with Gasteiger partial charge in [-0.1, -0.05) is 29.8 Å². The number of aliphatic carboxylic acids is 1. The van der Waals surface area contributed by atoms with E-state index in [1.165, 1.54) is 11.3 Å². The number of fused-ring (bicyclic) bond motifs is 1. The van der Waals surface area contributed by atoms with Crippen LogP contribution in [0.2, 0.25) is 4.34 Å². The predicted molar refractivity (Wildman–Crippen MR) is 96.6 cm³/mol. The van der Waals surface area contributed by atoms with E-state index in [2.05, 4.69) is 6.07 Å². The SMILES string of the molecule is O=C([O-])Cc1oc(-c2cc3ccccc3s2)cc1-c1ccc(Cl)s1.[Na+]. The van der Waals surface area contributed by atoms with Gasteiger partial charge in [-0.25, -0.2) is 0 Å². The molecule has 7 heteroatoms. The summed E-state index contributed by atoms with van der Waals surface area (Å²) in [5.74, 6) is -0.121. The molecule has 0 bridgehead atoms. The number of carbonyl (C=O) groups excluding carboxylic acids is 1. The van der Waals surface area contributed by atoms with Crippen LogP contribution in [0.15, 0.2) is 52.9 Å². The van der Waals surface area contributed by atoms with Crippen LogP contribution >= 0.6 is 34.3 Å². The summed E-state index contributed by atoms with van der Waals surface area (Å²) in [6.07, 6.45) is -0.268. The van der Waals surface area contributed by atoms with E-state index >= 15 is 0 Å². The van der Waals surface area contributed by atoms with Crippen LogP contribution in [0.1, 0.15) is 5.76 Å². The van der Waals surface area contributed by atoms with Gasteiger partial charge in [0.2, 0.25) is 0 Å². The summed E-state index contributed by atoms with van der Waals surface area (Å²) in [4.78, 5) is 12.9. The fraction of sp³-hybridized carbons (Fsp3) is 0.0556. The zero-order chi connectivity index (χ0) is 16.7. The van der Waals surface area contributed by atoms with E-state index in [0.717, 1.165) is 25.4 Å². The maximum Gasteiger partial charge on any atom is 1.00 e. The Morgan fingerprint density at radius 2 is 1.88 bits per heavy atom. The Balaban J connectivity index is 0.00000182. The van der Waals surface area contributed by atoms with Gasteiger partial charge in [-0.05, 0) is 35.7 Å². The first-order valence-electron chi connectivity index (χ1n) is 7.17. The number of halogens is 1. The van der Waals surface area contributed by atoms with Gasteiger partial charge in [-0.15, -0.1) is 22.7 Å². The minimum absolute atomic E-state index is 0. The van der Waals surface area contributed by atoms with Gasteiger partial charge in [0.1, 0.15) is 11.5 Å². The van der Waals surface area contributed by atoms with E-state index in [1.54, 1.807) is 17.4 Å². The zero-order valence-electron chi connectivity index (χ0n) is 13.2. The van der Waals surface area contributed by atoms with Gasteiger partial charge < -0.3 is 14.3 Å². The molecule has 4 aromatic rings. The van der Waals surface area contributed by atoms with Crippen molar-refractivity contribution in [1.29, 1.82) is 0 Å². The Morgan fingerprint density at radius 1 is 1.08 bits per heavy atom. The van der Waals surface area contributed by atoms with Crippen LogP contribution in [0.5, 0.6) is 0 Å². The van der Waals surface area contributed by atoms with Crippen LogP contribution in [-0.2, 0) is 11.2 Å². The number of carbonyl (C=O) groups is 1. The third kappa shape index (κ3) is 3.87. The number of hydrogen-bond acceptors (Lipinski definition) is 5. The third-order valence-corrected chi connectivity index (χ3v) is 6.02. The number of benzene rings is 1. The number of furan rings is 1. The number of hydrogen-bond donors (Lipinski definition) is 0. The zero-order valence-corrected chi connectivity index (χ0v) is 17.6. The minimum atomic E-state index is -1.17. The van der Waals surface area contributed by atoms with E-state index in [-0.39, 0.29) is 36.0 Å². The molecule has 4 rings (SSSR count). The molecule has 0 saturated heterocycles. The minimum Gasteiger partial charge on any atom is -0.550 e. The Labute approximate surface area is 179 Å². The Bertz CT molecular complexity index is 1010. The van der Waals surface area contributed by atoms with E-state index in [1.807, 2.05) is 36.4 Å². The van der Waals surface area contributed by atoms with Gasteiger partial charge in [0.05, 0.1) is 9.21 Å². The normalized spacial score (nSPS) is 10.8. The van der Waals surface area contributed by atoms with Gasteiger partial charge >= 0.3 is 29.6 Å². The molecule has 25 heavy (non-hydrogen) atoms. The summed E-state index contributed by atoms with van der Waals surface area (Å²) in [7, 11) is 0. The van der Waals surface area contributed by atoms with E-state index < -0.39 is 5.97 Å². The first-order valence-corrected chi connectivity index (χ1v) is 9.18. The molecule has 120 valence electrons. The summed E-state index contributed by atoms with van der Waals surface area (Å²) in [6, 6.07) is 15.7. The summed E-state index contributed by atoms with van der Waals surface area (Å²) in [5, 5.41) is 12.2. The predicted octanol–water partition coefficient (Wildman–Crippen LogP) is 1.84. The molecule has 0 saturated carbocycles. The maximum absolute atomic E-state index is 11.1. The van der Waals surface area contributed by atoms with Crippen LogP contribution < -0.4 is 34.7 Å². The molecule has 3 aromatic heterocycles. The van der Waals surface area contributed by atoms with Crippen molar-refractivity contribution >= 4 is 50.3 Å². The van der Waals surface area contributed by atoms with Crippen molar-refractivity contribution in [2.24, 2.45) is 0 Å². The van der Waals surface area contributed by atoms with E-state index in [4.69, 9.17) is 16.0 Å². The van der Waals surface area contributed by atoms with Crippen LogP contribution in [-0.4, -0.2) is 5.97 Å². The third-order valence-electron chi connectivity index (χ3n) is 3.62. The monoisotopic (exact) mass is 396 g/mol. The molecule has 3 heterocycles. The van der Waals surface area contributed by atoms with Crippen LogP contribution in [0.4, 0.5) is 0 Å². The molecule has 0 fully saturated rings. The molecule has 1 aromatic carbocycles. The average molecular weight is 397 g/mol. The van der Waals surface area contributed by atoms with Gasteiger partial charge in [0, 0.05) is 27.5 Å². The molecule has 3 nitrogen and oxygen atoms in total. The maximum atomic E-state index is 11.1. The average Bonchev–Trinajstić information content (AvgIpc) is 3.23. The summed E-state index contributed by atoms with van der Waals surface area (Å²) in [6.45, 7) is 0. The summed E-state index contributed by atoms with van der Waals surface area (Å²) < 4.78 is 7.66. The van der Waals surface area contributed by atoms with Crippen molar-refractivity contribution in [2.45, 2.75) is 6.42 Å². The van der Waals surface area contributed by atoms with E-state index in [9.17, 15) is 9.90 Å². The second-order valence-corrected chi connectivity index (χ2v) is 8.05. The molecule has 0 aliphatic heterocycles. The second kappa shape index (κ2) is 7.66. The molecular formula is C18H10ClNaO3S2. The van der Waals surface area contributed by atoms with Gasteiger partial charge in [-0.3, -0.25) is 0 Å². The largest absolute Gasteiger partial charge is 1.00 e. The van der Waals surface area contributed by atoms with Crippen molar-refractivity contribution < 1.29 is 43.9 Å². The van der Waals surface area contributed by atoms with Crippen molar-refractivity contribution in [2.75, 3.05) is 0 Å². The first kappa shape index (κ1) is 18.7. The Kier molecular flexibility index (Phi) is 5.73. The number of thiophene rings is 2. The van der Waals surface area contributed by atoms with Gasteiger partial charge in [-0.2, -0.15) is 0 Å². The van der Waals surface area contributed by atoms with Crippen molar-refractivity contribution in [3.8, 4) is 21.1 Å². The van der Waals surface area contributed by atoms with Crippen molar-refractivity contribution in [3.63, 3.8) is 0 Å². The molecule has 0 N–H and O–H groups in total. The van der Waals surface area contributed by atoms with Crippen LogP contribution in [0, 0.1) is 0 Å². The van der Waals surface area contributed by atoms with Gasteiger partial charge in [0.15, 0.2) is 0 Å². The van der Waals surface area contributed by atoms with Crippen LogP contribution in [0.25, 0.3) is 31.2 Å². The van der Waals surface area contributed by atoms with Crippen molar-refractivity contribution in [3.05, 3.63) is 58.6 Å². The molecule has 0 amide bonds. The molecular weight excluding hydrogens is 387 g/mol. The quantitative estimate of drug-likeness (QED) is 0.495. The van der Waals surface area contributed by atoms with E-state index in [0.29, 0.717) is 15.9 Å². The molecule has 0 spiro atoms. The summed E-state index contributed by atoms with van der Waals surface area (Å²) in [5.41, 5.74) is 0.753. The second-order valence-electron chi connectivity index (χ2n) is 5.25. The van der Waals surface area contributed by atoms with Crippen molar-refractivity contribution in [1.82, 2.24) is 0 Å². The standard InChI is InChI=1S/C18H11ClO3S2.Na/c19-17-6-5-15(24-17)11-8-13(22-12(11)9-18(20)21)16-7-10-3-1-2-4-14(10)23-16;/h1-8H,9H2,(H,20,21);/q;+1/p-1. The Hall–Kier alpha value is -1.08. The van der Waals surface area contributed by atoms with Crippen LogP contribution in [0.3, 0.4) is 0 Å². The topological polar surface area (TPSA) is 53.3 Å². The smallest absolute Gasteiger partial charge is 0.550 e. The fourth-order valence-electron chi connectivity index (χ4n) is 2.58. The Morgan fingerprint density at radius 3 is 2.56 bits per heavy atom. The fourth-order valence-corrected chi connectivity index (χ4v) is 4.68. The molecule has 0 aliphatic carbocycles. The summed E-state index contributed by atoms with van der Waals surface area (Å²) >= 11 is 9.01. The number of rotatable bonds is 4. The molecule has 0 aliphatic rings. The molecule has 0 radical (unpaired) electrons. The molecule has 0 unspecified atom stereocenters. The van der Waals surface area contributed by atoms with Gasteiger partial charge in [0.25, 0.3) is 0 Å². The molecule has 0 atom stereocenters. The number of carboxylic acids is 1. The first-order chi connectivity index (χ1) is 11.6. The number of carboxylic acid groups (broad SMARTS) is 1.